The van der Waals surface area contributed by atoms with Crippen LogP contribution in [0, 0.1) is 0 Å². The van der Waals surface area contributed by atoms with Gasteiger partial charge in [0.1, 0.15) is 0 Å². The fourth-order valence-electron chi connectivity index (χ4n) is 2.92. The number of carbonyl (C=O) groups is 3. The SMILES string of the molecule is CN(c1ccccc1)S(=O)(=O)c1cccc(C(=O)OCC(=O)NC(=O)NCc2ccccc2)c1. The maximum Gasteiger partial charge on any atom is 0.338 e. The molecule has 3 aromatic carbocycles. The van der Waals surface area contributed by atoms with E-state index in [2.05, 4.69) is 10.6 Å². The Balaban J connectivity index is 1.55. The number of benzene rings is 3. The van der Waals surface area contributed by atoms with Gasteiger partial charge in [-0.05, 0) is 35.9 Å². The van der Waals surface area contributed by atoms with Gasteiger partial charge in [-0.25, -0.2) is 18.0 Å². The summed E-state index contributed by atoms with van der Waals surface area (Å²) in [6.45, 7) is -0.489. The maximum absolute atomic E-state index is 12.9. The van der Waals surface area contributed by atoms with Crippen LogP contribution in [0.2, 0.25) is 0 Å². The zero-order valence-electron chi connectivity index (χ0n) is 18.3. The van der Waals surface area contributed by atoms with E-state index in [1.54, 1.807) is 30.3 Å². The van der Waals surface area contributed by atoms with E-state index in [-0.39, 0.29) is 17.0 Å². The Morgan fingerprint density at radius 3 is 2.21 bits per heavy atom. The quantitative estimate of drug-likeness (QED) is 0.477. The normalized spacial score (nSPS) is 10.7. The third kappa shape index (κ3) is 6.42. The van der Waals surface area contributed by atoms with Crippen molar-refractivity contribution < 1.29 is 27.5 Å². The Bertz CT molecular complexity index is 1260. The van der Waals surface area contributed by atoms with Gasteiger partial charge in [0.05, 0.1) is 16.1 Å². The Morgan fingerprint density at radius 2 is 1.53 bits per heavy atom. The number of anilines is 1. The summed E-state index contributed by atoms with van der Waals surface area (Å²) in [6, 6.07) is 22.1. The minimum Gasteiger partial charge on any atom is -0.452 e. The minimum atomic E-state index is -3.93. The average molecular weight is 482 g/mol. The summed E-state index contributed by atoms with van der Waals surface area (Å²) in [5.74, 6) is -1.73. The molecule has 0 saturated carbocycles. The van der Waals surface area contributed by atoms with E-state index in [1.807, 2.05) is 30.3 Å². The third-order valence-corrected chi connectivity index (χ3v) is 6.51. The molecule has 3 rings (SSSR count). The fourth-order valence-corrected chi connectivity index (χ4v) is 4.16. The zero-order valence-corrected chi connectivity index (χ0v) is 19.1. The van der Waals surface area contributed by atoms with Crippen LogP contribution in [0.15, 0.2) is 89.8 Å². The van der Waals surface area contributed by atoms with Crippen LogP contribution in [0.4, 0.5) is 10.5 Å². The van der Waals surface area contributed by atoms with Gasteiger partial charge >= 0.3 is 12.0 Å². The van der Waals surface area contributed by atoms with E-state index < -0.39 is 34.5 Å². The molecular weight excluding hydrogens is 458 g/mol. The Kier molecular flexibility index (Phi) is 7.99. The molecule has 0 saturated heterocycles. The number of urea groups is 1. The summed E-state index contributed by atoms with van der Waals surface area (Å²) in [6.07, 6.45) is 0. The van der Waals surface area contributed by atoms with E-state index in [0.717, 1.165) is 9.87 Å². The highest BCUT2D eigenvalue weighted by Crippen LogP contribution is 2.22. The first-order valence-electron chi connectivity index (χ1n) is 10.2. The predicted octanol–water partition coefficient (Wildman–Crippen LogP) is 2.69. The Morgan fingerprint density at radius 1 is 0.882 bits per heavy atom. The van der Waals surface area contributed by atoms with Crippen LogP contribution in [0.5, 0.6) is 0 Å². The second-order valence-electron chi connectivity index (χ2n) is 7.13. The van der Waals surface area contributed by atoms with Crippen LogP contribution in [0.1, 0.15) is 15.9 Å². The van der Waals surface area contributed by atoms with Crippen molar-refractivity contribution in [2.75, 3.05) is 18.0 Å². The van der Waals surface area contributed by atoms with Gasteiger partial charge in [0.2, 0.25) is 0 Å². The number of ether oxygens (including phenoxy) is 1. The van der Waals surface area contributed by atoms with E-state index in [0.29, 0.717) is 5.69 Å². The van der Waals surface area contributed by atoms with Crippen LogP contribution >= 0.6 is 0 Å². The van der Waals surface area contributed by atoms with E-state index in [1.165, 1.54) is 31.3 Å². The topological polar surface area (TPSA) is 122 Å². The highest BCUT2D eigenvalue weighted by Gasteiger charge is 2.23. The smallest absolute Gasteiger partial charge is 0.338 e. The first-order valence-corrected chi connectivity index (χ1v) is 11.6. The molecule has 0 aliphatic carbocycles. The molecule has 0 atom stereocenters. The molecule has 0 radical (unpaired) electrons. The molecule has 0 bridgehead atoms. The van der Waals surface area contributed by atoms with Crippen LogP contribution < -0.4 is 14.9 Å². The lowest BCUT2D eigenvalue weighted by Gasteiger charge is -2.19. The first-order chi connectivity index (χ1) is 16.3. The molecule has 0 aliphatic rings. The summed E-state index contributed by atoms with van der Waals surface area (Å²) in [4.78, 5) is 36.0. The Labute approximate surface area is 197 Å². The van der Waals surface area contributed by atoms with Gasteiger partial charge in [-0.15, -0.1) is 0 Å². The van der Waals surface area contributed by atoms with Gasteiger partial charge in [-0.2, -0.15) is 0 Å². The standard InChI is InChI=1S/C24H23N3O6S/c1-27(20-12-6-3-7-13-20)34(31,32)21-14-8-11-19(15-21)23(29)33-17-22(28)26-24(30)25-16-18-9-4-2-5-10-18/h2-15H,16-17H2,1H3,(H2,25,26,28,30). The summed E-state index contributed by atoms with van der Waals surface area (Å²) < 4.78 is 31.9. The number of nitrogens with zero attached hydrogens (tertiary/aromatic N) is 1. The van der Waals surface area contributed by atoms with E-state index in [9.17, 15) is 22.8 Å². The second-order valence-corrected chi connectivity index (χ2v) is 9.10. The van der Waals surface area contributed by atoms with Crippen molar-refractivity contribution in [1.82, 2.24) is 10.6 Å². The van der Waals surface area contributed by atoms with Crippen LogP contribution in [-0.2, 0) is 26.1 Å². The summed E-state index contributed by atoms with van der Waals surface area (Å²) in [7, 11) is -2.53. The molecule has 10 heteroatoms. The van der Waals surface area contributed by atoms with Crippen LogP contribution in [-0.4, -0.2) is 40.0 Å². The zero-order chi connectivity index (χ0) is 24.6. The first kappa shape index (κ1) is 24.5. The van der Waals surface area contributed by atoms with E-state index in [4.69, 9.17) is 4.74 Å². The number of hydrogen-bond acceptors (Lipinski definition) is 6. The lowest BCUT2D eigenvalue weighted by molar-refractivity contribution is -0.123. The molecule has 2 N–H and O–H groups in total. The molecule has 34 heavy (non-hydrogen) atoms. The molecule has 9 nitrogen and oxygen atoms in total. The molecule has 0 unspecified atom stereocenters. The number of sulfonamides is 1. The van der Waals surface area contributed by atoms with Gasteiger partial charge in [-0.3, -0.25) is 14.4 Å². The van der Waals surface area contributed by atoms with Crippen molar-refractivity contribution in [3.05, 3.63) is 96.1 Å². The van der Waals surface area contributed by atoms with Crippen molar-refractivity contribution in [3.8, 4) is 0 Å². The molecule has 176 valence electrons. The molecular formula is C24H23N3O6S. The summed E-state index contributed by atoms with van der Waals surface area (Å²) >= 11 is 0. The molecule has 0 spiro atoms. The molecule has 0 aromatic heterocycles. The highest BCUT2D eigenvalue weighted by molar-refractivity contribution is 7.92. The Hall–Kier alpha value is -4.18. The van der Waals surface area contributed by atoms with Gasteiger partial charge in [-0.1, -0.05) is 54.6 Å². The number of esters is 1. The number of rotatable bonds is 8. The van der Waals surface area contributed by atoms with Crippen molar-refractivity contribution in [2.45, 2.75) is 11.4 Å². The maximum atomic E-state index is 12.9. The van der Waals surface area contributed by atoms with Crippen LogP contribution in [0.3, 0.4) is 0 Å². The number of imide groups is 1. The van der Waals surface area contributed by atoms with Gasteiger partial charge in [0.15, 0.2) is 6.61 Å². The summed E-state index contributed by atoms with van der Waals surface area (Å²) in [5.41, 5.74) is 1.26. The highest BCUT2D eigenvalue weighted by atomic mass is 32.2. The van der Waals surface area contributed by atoms with Crippen molar-refractivity contribution >= 4 is 33.6 Å². The van der Waals surface area contributed by atoms with Crippen molar-refractivity contribution in [2.24, 2.45) is 0 Å². The largest absolute Gasteiger partial charge is 0.452 e. The molecule has 3 aromatic rings. The molecule has 0 aliphatic heterocycles. The third-order valence-electron chi connectivity index (χ3n) is 4.73. The summed E-state index contributed by atoms with van der Waals surface area (Å²) in [5, 5.41) is 4.57. The lowest BCUT2D eigenvalue weighted by atomic mass is 10.2. The fraction of sp³-hybridized carbons (Fsp3) is 0.125. The minimum absolute atomic E-state index is 0.0520. The lowest BCUT2D eigenvalue weighted by Crippen LogP contribution is -2.41. The van der Waals surface area contributed by atoms with Gasteiger partial charge < -0.3 is 10.1 Å². The number of nitrogens with one attached hydrogen (secondary N) is 2. The van der Waals surface area contributed by atoms with Crippen molar-refractivity contribution in [1.29, 1.82) is 0 Å². The van der Waals surface area contributed by atoms with Crippen molar-refractivity contribution in [3.63, 3.8) is 0 Å². The number of carbonyl (C=O) groups excluding carboxylic acids is 3. The number of amides is 3. The predicted molar refractivity (Wildman–Crippen MR) is 126 cm³/mol. The number of para-hydroxylation sites is 1. The van der Waals surface area contributed by atoms with Crippen LogP contribution in [0.25, 0.3) is 0 Å². The van der Waals surface area contributed by atoms with Gasteiger partial charge in [0.25, 0.3) is 15.9 Å². The average Bonchev–Trinajstić information content (AvgIpc) is 2.86. The van der Waals surface area contributed by atoms with Gasteiger partial charge in [0, 0.05) is 13.6 Å². The molecule has 0 heterocycles. The molecule has 3 amide bonds. The monoisotopic (exact) mass is 481 g/mol. The van der Waals surface area contributed by atoms with E-state index >= 15 is 0 Å². The second kappa shape index (κ2) is 11.1. The number of hydrogen-bond donors (Lipinski definition) is 2. The molecule has 0 fully saturated rings.